The van der Waals surface area contributed by atoms with Crippen molar-refractivity contribution in [1.29, 1.82) is 0 Å². The topological polar surface area (TPSA) is 59.8 Å². The van der Waals surface area contributed by atoms with Gasteiger partial charge in [-0.3, -0.25) is 4.79 Å². The maximum atomic E-state index is 13.3. The zero-order valence-corrected chi connectivity index (χ0v) is 10.7. The predicted molar refractivity (Wildman–Crippen MR) is 66.1 cm³/mol. The minimum absolute atomic E-state index is 0.0486. The molecule has 1 unspecified atom stereocenters. The Morgan fingerprint density at radius 3 is 2.80 bits per heavy atom. The molecule has 1 saturated heterocycles. The highest BCUT2D eigenvalue weighted by atomic mass is 19.2. The van der Waals surface area contributed by atoms with Gasteiger partial charge in [-0.2, -0.15) is 5.10 Å². The number of nitrogens with zero attached hydrogens (tertiary/aromatic N) is 3. The summed E-state index contributed by atoms with van der Waals surface area (Å²) in [6.07, 6.45) is 1.04. The second-order valence-electron chi connectivity index (χ2n) is 4.69. The van der Waals surface area contributed by atoms with Gasteiger partial charge in [-0.1, -0.05) is 0 Å². The lowest BCUT2D eigenvalue weighted by molar-refractivity contribution is -0.119. The van der Waals surface area contributed by atoms with Crippen molar-refractivity contribution in [2.45, 2.75) is 25.8 Å². The number of nitrogens with one attached hydrogen (secondary N) is 1. The molecule has 0 aliphatic carbocycles. The number of aryl methyl sites for hydroxylation is 1. The van der Waals surface area contributed by atoms with Crippen LogP contribution in [0.15, 0.2) is 18.2 Å². The average molecular weight is 278 g/mol. The Morgan fingerprint density at radius 1 is 1.35 bits per heavy atom. The van der Waals surface area contributed by atoms with Crippen molar-refractivity contribution in [2.24, 2.45) is 0 Å². The van der Waals surface area contributed by atoms with Crippen LogP contribution in [0.3, 0.4) is 0 Å². The van der Waals surface area contributed by atoms with Crippen molar-refractivity contribution in [2.75, 3.05) is 0 Å². The van der Waals surface area contributed by atoms with Gasteiger partial charge in [0.05, 0.1) is 11.7 Å². The van der Waals surface area contributed by atoms with Crippen molar-refractivity contribution in [3.05, 3.63) is 41.5 Å². The van der Waals surface area contributed by atoms with E-state index in [4.69, 9.17) is 0 Å². The molecule has 1 aromatic carbocycles. The highest BCUT2D eigenvalue weighted by Gasteiger charge is 2.27. The van der Waals surface area contributed by atoms with Crippen LogP contribution in [0.1, 0.15) is 30.5 Å². The van der Waals surface area contributed by atoms with Gasteiger partial charge in [0, 0.05) is 12.5 Å². The fourth-order valence-electron chi connectivity index (χ4n) is 2.27. The number of amides is 1. The van der Waals surface area contributed by atoms with E-state index in [1.54, 1.807) is 6.92 Å². The molecule has 0 saturated carbocycles. The number of carbonyl (C=O) groups is 1. The van der Waals surface area contributed by atoms with Gasteiger partial charge in [-0.25, -0.2) is 18.4 Å². The summed E-state index contributed by atoms with van der Waals surface area (Å²) < 4.78 is 27.8. The number of benzene rings is 1. The molecule has 1 aliphatic rings. The van der Waals surface area contributed by atoms with E-state index in [0.29, 0.717) is 30.2 Å². The van der Waals surface area contributed by atoms with Crippen molar-refractivity contribution in [3.63, 3.8) is 0 Å². The van der Waals surface area contributed by atoms with Gasteiger partial charge < -0.3 is 5.32 Å². The van der Waals surface area contributed by atoms with Crippen molar-refractivity contribution in [3.8, 4) is 5.69 Å². The lowest BCUT2D eigenvalue weighted by Gasteiger charge is -2.11. The Hall–Kier alpha value is -2.31. The smallest absolute Gasteiger partial charge is 0.220 e. The van der Waals surface area contributed by atoms with Crippen LogP contribution in [0.5, 0.6) is 0 Å². The minimum Gasteiger partial charge on any atom is -0.346 e. The van der Waals surface area contributed by atoms with Crippen LogP contribution in [0.2, 0.25) is 0 Å². The summed E-state index contributed by atoms with van der Waals surface area (Å²) in [6.45, 7) is 1.71. The van der Waals surface area contributed by atoms with E-state index in [0.717, 1.165) is 12.1 Å². The highest BCUT2D eigenvalue weighted by molar-refractivity contribution is 5.78. The number of aromatic nitrogens is 3. The van der Waals surface area contributed by atoms with Crippen LogP contribution in [0.4, 0.5) is 8.78 Å². The third-order valence-corrected chi connectivity index (χ3v) is 3.19. The summed E-state index contributed by atoms with van der Waals surface area (Å²) in [5.74, 6) is -0.879. The Bertz CT molecular complexity index is 683. The summed E-state index contributed by atoms with van der Waals surface area (Å²) in [4.78, 5) is 15.6. The summed E-state index contributed by atoms with van der Waals surface area (Å²) in [5, 5.41) is 6.98. The van der Waals surface area contributed by atoms with Gasteiger partial charge in [-0.05, 0) is 25.5 Å². The molecule has 1 aliphatic heterocycles. The van der Waals surface area contributed by atoms with E-state index < -0.39 is 11.6 Å². The molecule has 0 spiro atoms. The van der Waals surface area contributed by atoms with Crippen LogP contribution < -0.4 is 5.32 Å². The first-order valence-corrected chi connectivity index (χ1v) is 6.23. The zero-order valence-electron chi connectivity index (χ0n) is 10.7. The van der Waals surface area contributed by atoms with Crippen LogP contribution in [0, 0.1) is 18.6 Å². The molecule has 104 valence electrons. The Labute approximate surface area is 113 Å². The fourth-order valence-corrected chi connectivity index (χ4v) is 2.27. The fraction of sp³-hybridized carbons (Fsp3) is 0.308. The Morgan fingerprint density at radius 2 is 2.15 bits per heavy atom. The van der Waals surface area contributed by atoms with Crippen LogP contribution in [0.25, 0.3) is 5.69 Å². The molecule has 3 rings (SSSR count). The Kier molecular flexibility index (Phi) is 2.96. The molecule has 1 atom stereocenters. The summed E-state index contributed by atoms with van der Waals surface area (Å²) in [7, 11) is 0. The van der Waals surface area contributed by atoms with Gasteiger partial charge in [0.2, 0.25) is 5.91 Å². The molecule has 1 amide bonds. The standard InChI is InChI=1S/C13H12F2N4O/c1-7-16-13(11-4-5-12(20)17-11)19(18-7)8-2-3-9(14)10(15)6-8/h2-3,6,11H,4-5H2,1H3,(H,17,20). The predicted octanol–water partition coefficient (Wildman–Crippen LogP) is 1.81. The molecule has 0 bridgehead atoms. The van der Waals surface area contributed by atoms with E-state index in [-0.39, 0.29) is 11.9 Å². The molecule has 2 heterocycles. The summed E-state index contributed by atoms with van der Waals surface area (Å²) in [6, 6.07) is 3.27. The van der Waals surface area contributed by atoms with Crippen molar-refractivity contribution >= 4 is 5.91 Å². The third kappa shape index (κ3) is 2.15. The quantitative estimate of drug-likeness (QED) is 0.911. The average Bonchev–Trinajstić information content (AvgIpc) is 2.99. The largest absolute Gasteiger partial charge is 0.346 e. The maximum Gasteiger partial charge on any atom is 0.220 e. The minimum atomic E-state index is -0.947. The van der Waals surface area contributed by atoms with Crippen LogP contribution in [-0.2, 0) is 4.79 Å². The second kappa shape index (κ2) is 4.66. The molecular formula is C13H12F2N4O. The van der Waals surface area contributed by atoms with Gasteiger partial charge in [0.1, 0.15) is 5.82 Å². The molecule has 1 aromatic heterocycles. The van der Waals surface area contributed by atoms with E-state index in [9.17, 15) is 13.6 Å². The summed E-state index contributed by atoms with van der Waals surface area (Å²) in [5.41, 5.74) is 0.376. The number of halogens is 2. The van der Waals surface area contributed by atoms with E-state index >= 15 is 0 Å². The van der Waals surface area contributed by atoms with Crippen molar-refractivity contribution < 1.29 is 13.6 Å². The first-order valence-electron chi connectivity index (χ1n) is 6.23. The number of rotatable bonds is 2. The van der Waals surface area contributed by atoms with Gasteiger partial charge >= 0.3 is 0 Å². The molecule has 20 heavy (non-hydrogen) atoms. The normalized spacial score (nSPS) is 18.4. The lowest BCUT2D eigenvalue weighted by atomic mass is 10.2. The molecule has 0 radical (unpaired) electrons. The molecule has 7 heteroatoms. The summed E-state index contributed by atoms with van der Waals surface area (Å²) >= 11 is 0. The maximum absolute atomic E-state index is 13.3. The van der Waals surface area contributed by atoms with Gasteiger partial charge in [0.15, 0.2) is 17.5 Å². The van der Waals surface area contributed by atoms with E-state index in [1.807, 2.05) is 0 Å². The van der Waals surface area contributed by atoms with Crippen molar-refractivity contribution in [1.82, 2.24) is 20.1 Å². The lowest BCUT2D eigenvalue weighted by Crippen LogP contribution is -2.21. The highest BCUT2D eigenvalue weighted by Crippen LogP contribution is 2.25. The SMILES string of the molecule is Cc1nc(C2CCC(=O)N2)n(-c2ccc(F)c(F)c2)n1. The first kappa shape index (κ1) is 12.7. The van der Waals surface area contributed by atoms with Gasteiger partial charge in [-0.15, -0.1) is 0 Å². The second-order valence-corrected chi connectivity index (χ2v) is 4.69. The number of hydrogen-bond acceptors (Lipinski definition) is 3. The molecule has 1 fully saturated rings. The molecule has 5 nitrogen and oxygen atoms in total. The molecular weight excluding hydrogens is 266 g/mol. The van der Waals surface area contributed by atoms with E-state index in [1.165, 1.54) is 10.7 Å². The van der Waals surface area contributed by atoms with Gasteiger partial charge in [0.25, 0.3) is 0 Å². The molecule has 2 aromatic rings. The monoisotopic (exact) mass is 278 g/mol. The number of hydrogen-bond donors (Lipinski definition) is 1. The Balaban J connectivity index is 2.04. The van der Waals surface area contributed by atoms with Crippen LogP contribution in [-0.4, -0.2) is 20.7 Å². The zero-order chi connectivity index (χ0) is 14.3. The van der Waals surface area contributed by atoms with Crippen LogP contribution >= 0.6 is 0 Å². The third-order valence-electron chi connectivity index (χ3n) is 3.19. The molecule has 1 N–H and O–H groups in total. The number of carbonyl (C=O) groups excluding carboxylic acids is 1. The first-order chi connectivity index (χ1) is 9.54. The van der Waals surface area contributed by atoms with E-state index in [2.05, 4.69) is 15.4 Å².